The Labute approximate surface area is 392 Å². The SMILES string of the molecule is C/C=C(\C=C(/C)Cn1c(C)nc2cc(C3=NN(Cc4csc(CNC(=O)[C@H](O)[C@@H](O)C(=O)N5Cc6ccccc6C5)c4)C(C)C3)ccc21)CNC(=O)[C@H](O)[C@@H](O)C(=O)N1Cc2ccccc2C1. The van der Waals surface area contributed by atoms with Crippen molar-refractivity contribution in [3.05, 3.63) is 146 Å². The molecule has 0 fully saturated rings. The van der Waals surface area contributed by atoms with E-state index in [4.69, 9.17) is 10.1 Å². The summed E-state index contributed by atoms with van der Waals surface area (Å²) in [4.78, 5) is 60.0. The van der Waals surface area contributed by atoms with Gasteiger partial charge in [-0.25, -0.2) is 4.98 Å². The number of aliphatic hydroxyl groups is 4. The van der Waals surface area contributed by atoms with Gasteiger partial charge in [-0.05, 0) is 84.7 Å². The second kappa shape index (κ2) is 20.2. The second-order valence-corrected chi connectivity index (χ2v) is 18.6. The maximum absolute atomic E-state index is 12.9. The first kappa shape index (κ1) is 47.0. The molecule has 0 saturated carbocycles. The number of aryl methyl sites for hydroxylation is 1. The van der Waals surface area contributed by atoms with E-state index in [1.807, 2.05) is 97.9 Å². The van der Waals surface area contributed by atoms with E-state index in [2.05, 4.69) is 40.3 Å². The van der Waals surface area contributed by atoms with Crippen LogP contribution in [0.5, 0.6) is 0 Å². The molecule has 16 nitrogen and oxygen atoms in total. The fourth-order valence-corrected chi connectivity index (χ4v) is 9.61. The zero-order chi connectivity index (χ0) is 47.5. The fraction of sp³-hybridized carbons (Fsp3) is 0.360. The number of nitrogens with zero attached hydrogens (tertiary/aromatic N) is 6. The predicted octanol–water partition coefficient (Wildman–Crippen LogP) is 3.56. The van der Waals surface area contributed by atoms with Crippen molar-refractivity contribution in [1.82, 2.24) is 35.0 Å². The number of carbonyl (C=O) groups is 4. The van der Waals surface area contributed by atoms with Crippen LogP contribution in [0, 0.1) is 6.92 Å². The molecule has 8 rings (SSSR count). The molecule has 0 spiro atoms. The summed E-state index contributed by atoms with van der Waals surface area (Å²) in [5.41, 5.74) is 10.4. The Morgan fingerprint density at radius 3 is 1.94 bits per heavy atom. The highest BCUT2D eigenvalue weighted by atomic mass is 32.1. The van der Waals surface area contributed by atoms with Crippen LogP contribution in [0.25, 0.3) is 11.0 Å². The number of amides is 4. The minimum absolute atomic E-state index is 0.0902. The van der Waals surface area contributed by atoms with E-state index in [1.165, 1.54) is 21.1 Å². The Morgan fingerprint density at radius 1 is 0.806 bits per heavy atom. The van der Waals surface area contributed by atoms with Crippen LogP contribution >= 0.6 is 11.3 Å². The van der Waals surface area contributed by atoms with Crippen molar-refractivity contribution >= 4 is 51.7 Å². The standard InChI is InChI=1S/C50H56N8O8S/c1-5-32(20-51-47(63)43(59)45(61)49(65)55-24-35-10-6-7-11-36(35)25-55)16-29(2)22-57-31(4)53-41-19-34(14-15-42(41)57)40-17-30(3)58(54-40)23-33-18-39(67-28-33)21-52-48(64)44(60)46(62)50(66)56-26-37-12-8-9-13-38(37)27-56/h5-16,18-19,28,30,43-46,59-62H,17,20-27H2,1-4H3,(H,51,63)(H,52,64)/b29-16+,32-5+/t30?,43-,44-,45-,46-/m1/s1. The lowest BCUT2D eigenvalue weighted by Crippen LogP contribution is -2.49. The van der Waals surface area contributed by atoms with Gasteiger partial charge in [0.05, 0.1) is 35.9 Å². The molecular formula is C50H56N8O8S. The summed E-state index contributed by atoms with van der Waals surface area (Å²) in [6.07, 6.45) is -3.02. The normalized spacial score (nSPS) is 17.8. The van der Waals surface area contributed by atoms with Crippen molar-refractivity contribution in [3.8, 4) is 0 Å². The molecule has 0 saturated heterocycles. The molecule has 0 radical (unpaired) electrons. The summed E-state index contributed by atoms with van der Waals surface area (Å²) in [6.45, 7) is 10.5. The van der Waals surface area contributed by atoms with Crippen molar-refractivity contribution in [1.29, 1.82) is 0 Å². The lowest BCUT2D eigenvalue weighted by molar-refractivity contribution is -0.153. The number of hydrazone groups is 1. The Bertz CT molecular complexity index is 2750. The maximum atomic E-state index is 12.9. The van der Waals surface area contributed by atoms with Crippen molar-refractivity contribution in [2.75, 3.05) is 6.54 Å². The molecule has 3 aliphatic rings. The number of benzene rings is 3. The molecule has 2 aromatic heterocycles. The second-order valence-electron chi connectivity index (χ2n) is 17.6. The number of rotatable bonds is 16. The Balaban J connectivity index is 0.817. The number of aromatic nitrogens is 2. The highest BCUT2D eigenvalue weighted by Crippen LogP contribution is 2.28. The highest BCUT2D eigenvalue weighted by Gasteiger charge is 2.37. The van der Waals surface area contributed by atoms with Gasteiger partial charge in [0.15, 0.2) is 24.4 Å². The van der Waals surface area contributed by atoms with Gasteiger partial charge >= 0.3 is 0 Å². The monoisotopic (exact) mass is 928 g/mol. The zero-order valence-corrected chi connectivity index (χ0v) is 38.7. The molecule has 5 heterocycles. The van der Waals surface area contributed by atoms with E-state index in [1.54, 1.807) is 0 Å². The molecule has 0 bridgehead atoms. The van der Waals surface area contributed by atoms with Gasteiger partial charge in [0.25, 0.3) is 23.6 Å². The molecule has 67 heavy (non-hydrogen) atoms. The topological polar surface area (TPSA) is 213 Å². The molecule has 0 aliphatic carbocycles. The minimum Gasteiger partial charge on any atom is -0.380 e. The van der Waals surface area contributed by atoms with E-state index in [9.17, 15) is 39.6 Å². The molecule has 3 aromatic carbocycles. The lowest BCUT2D eigenvalue weighted by atomic mass is 10.0. The van der Waals surface area contributed by atoms with Crippen molar-refractivity contribution < 1.29 is 39.6 Å². The summed E-state index contributed by atoms with van der Waals surface area (Å²) in [5, 5.41) is 56.6. The van der Waals surface area contributed by atoms with Crippen LogP contribution in [0.3, 0.4) is 0 Å². The van der Waals surface area contributed by atoms with Gasteiger partial charge in [-0.1, -0.05) is 72.3 Å². The van der Waals surface area contributed by atoms with Gasteiger partial charge in [0, 0.05) is 56.1 Å². The first-order valence-electron chi connectivity index (χ1n) is 22.4. The Kier molecular flexibility index (Phi) is 14.1. The van der Waals surface area contributed by atoms with Gasteiger partial charge in [0.2, 0.25) is 0 Å². The van der Waals surface area contributed by atoms with Crippen LogP contribution in [0.1, 0.15) is 71.3 Å². The Morgan fingerprint density at radius 2 is 1.37 bits per heavy atom. The van der Waals surface area contributed by atoms with Gasteiger partial charge < -0.3 is 45.4 Å². The number of fused-ring (bicyclic) bond motifs is 3. The van der Waals surface area contributed by atoms with Crippen LogP contribution in [0.2, 0.25) is 0 Å². The predicted molar refractivity (Wildman–Crippen MR) is 253 cm³/mol. The molecule has 1 unspecified atom stereocenters. The van der Waals surface area contributed by atoms with Crippen molar-refractivity contribution in [3.63, 3.8) is 0 Å². The van der Waals surface area contributed by atoms with E-state index >= 15 is 0 Å². The average molecular weight is 929 g/mol. The van der Waals surface area contributed by atoms with Gasteiger partial charge in [0.1, 0.15) is 5.82 Å². The maximum Gasteiger partial charge on any atom is 0.255 e. The van der Waals surface area contributed by atoms with Crippen molar-refractivity contribution in [2.45, 2.75) is 110 Å². The molecular weight excluding hydrogens is 873 g/mol. The first-order valence-corrected chi connectivity index (χ1v) is 23.2. The van der Waals surface area contributed by atoms with Crippen LogP contribution in [0.4, 0.5) is 0 Å². The number of carbonyl (C=O) groups excluding carboxylic acids is 4. The number of imidazole rings is 1. The third kappa shape index (κ3) is 10.4. The quantitative estimate of drug-likeness (QED) is 0.0793. The minimum atomic E-state index is -1.92. The first-order chi connectivity index (χ1) is 32.2. The lowest BCUT2D eigenvalue weighted by Gasteiger charge is -2.22. The number of allylic oxidation sites excluding steroid dienone is 2. The molecule has 5 atom stereocenters. The summed E-state index contributed by atoms with van der Waals surface area (Å²) in [6, 6.07) is 23.4. The molecule has 17 heteroatoms. The number of thiophene rings is 1. The molecule has 4 amide bonds. The van der Waals surface area contributed by atoms with Crippen LogP contribution in [-0.2, 0) is 65.0 Å². The molecule has 3 aliphatic heterocycles. The van der Waals surface area contributed by atoms with E-state index < -0.39 is 48.0 Å². The number of hydrogen-bond donors (Lipinski definition) is 6. The fourth-order valence-electron chi connectivity index (χ4n) is 8.79. The van der Waals surface area contributed by atoms with Gasteiger partial charge in [-0.2, -0.15) is 5.10 Å². The van der Waals surface area contributed by atoms with Gasteiger partial charge in [-0.15, -0.1) is 11.3 Å². The molecule has 350 valence electrons. The number of hydrogen-bond acceptors (Lipinski definition) is 12. The smallest absolute Gasteiger partial charge is 0.255 e. The molecule has 5 aromatic rings. The van der Waals surface area contributed by atoms with Crippen molar-refractivity contribution in [2.24, 2.45) is 5.10 Å². The Hall–Kier alpha value is -6.50. The highest BCUT2D eigenvalue weighted by molar-refractivity contribution is 7.10. The number of aliphatic hydroxyl groups excluding tert-OH is 4. The average Bonchev–Trinajstić information content (AvgIpc) is 4.19. The summed E-state index contributed by atoms with van der Waals surface area (Å²) in [7, 11) is 0. The van der Waals surface area contributed by atoms with E-state index in [0.717, 1.165) is 78.4 Å². The zero-order valence-electron chi connectivity index (χ0n) is 37.9. The van der Waals surface area contributed by atoms with Crippen LogP contribution < -0.4 is 10.6 Å². The van der Waals surface area contributed by atoms with E-state index in [0.29, 0.717) is 39.3 Å². The molecule has 6 N–H and O–H groups in total. The summed E-state index contributed by atoms with van der Waals surface area (Å²) < 4.78 is 2.12. The summed E-state index contributed by atoms with van der Waals surface area (Å²) in [5.74, 6) is -2.22. The largest absolute Gasteiger partial charge is 0.380 e. The third-order valence-corrected chi connectivity index (χ3v) is 13.6. The van der Waals surface area contributed by atoms with Gasteiger partial charge in [-0.3, -0.25) is 24.2 Å². The number of nitrogens with one attached hydrogen (secondary N) is 2. The van der Waals surface area contributed by atoms with Crippen LogP contribution in [0.15, 0.2) is 107 Å². The van der Waals surface area contributed by atoms with Crippen LogP contribution in [-0.4, -0.2) is 111 Å². The van der Waals surface area contributed by atoms with E-state index in [-0.39, 0.29) is 19.1 Å². The summed E-state index contributed by atoms with van der Waals surface area (Å²) >= 11 is 1.46. The third-order valence-electron chi connectivity index (χ3n) is 12.6.